The summed E-state index contributed by atoms with van der Waals surface area (Å²) in [5.41, 5.74) is 0. The molecule has 0 atom stereocenters. The lowest BCUT2D eigenvalue weighted by Crippen LogP contribution is -1.89. The van der Waals surface area contributed by atoms with Crippen LogP contribution in [0, 0.1) is 0 Å². The molecule has 9 nitrogen and oxygen atoms in total. The summed E-state index contributed by atoms with van der Waals surface area (Å²) in [4.78, 5) is 0. The molecular formula is H13NO8S. The van der Waals surface area contributed by atoms with Crippen LogP contribution >= 0.6 is 0 Å². The fourth-order valence-corrected chi connectivity index (χ4v) is 0. The van der Waals surface area contributed by atoms with Gasteiger partial charge in [-0.05, 0) is 0 Å². The molecule has 0 saturated carbocycles. The minimum atomic E-state index is -4.67. The first-order valence-corrected chi connectivity index (χ1v) is 2.10. The lowest BCUT2D eigenvalue weighted by Gasteiger charge is -1.68. The Morgan fingerprint density at radius 3 is 0.800 bits per heavy atom. The molecule has 13 N–H and O–H groups in total. The highest BCUT2D eigenvalue weighted by Gasteiger charge is 1.84. The summed E-state index contributed by atoms with van der Waals surface area (Å²) in [5.74, 6) is 0. The largest absolute Gasteiger partial charge is 0.412 e. The van der Waals surface area contributed by atoms with Gasteiger partial charge in [0.05, 0.1) is 0 Å². The van der Waals surface area contributed by atoms with Crippen molar-refractivity contribution < 1.29 is 39.4 Å². The van der Waals surface area contributed by atoms with Crippen LogP contribution in [0.2, 0.25) is 0 Å². The van der Waals surface area contributed by atoms with Crippen LogP contribution in [0.4, 0.5) is 0 Å². The fourth-order valence-electron chi connectivity index (χ4n) is 0. The molecule has 0 unspecified atom stereocenters. The smallest absolute Gasteiger partial charge is 0.394 e. The molecule has 72 valence electrons. The van der Waals surface area contributed by atoms with Crippen molar-refractivity contribution >= 4 is 10.4 Å². The molecule has 0 rings (SSSR count). The molecule has 0 aliphatic rings. The first kappa shape index (κ1) is 54.0. The maximum absolute atomic E-state index is 8.74. The van der Waals surface area contributed by atoms with Gasteiger partial charge in [-0.1, -0.05) is 0 Å². The van der Waals surface area contributed by atoms with Crippen LogP contribution < -0.4 is 6.15 Å². The average molecular weight is 187 g/mol. The second-order valence-electron chi connectivity index (χ2n) is 0.448. The van der Waals surface area contributed by atoms with Gasteiger partial charge in [0.25, 0.3) is 0 Å². The highest BCUT2D eigenvalue weighted by Crippen LogP contribution is 1.59. The first-order valence-electron chi connectivity index (χ1n) is 0.698. The van der Waals surface area contributed by atoms with Crippen molar-refractivity contribution in [3.05, 3.63) is 0 Å². The topological polar surface area (TPSA) is 236 Å². The van der Waals surface area contributed by atoms with E-state index >= 15 is 0 Å². The van der Waals surface area contributed by atoms with E-state index in [9.17, 15) is 0 Å². The zero-order valence-electron chi connectivity index (χ0n) is 4.83. The summed E-state index contributed by atoms with van der Waals surface area (Å²) in [7, 11) is -4.67. The Labute approximate surface area is 57.1 Å². The molecule has 0 aromatic heterocycles. The van der Waals surface area contributed by atoms with E-state index in [1.165, 1.54) is 0 Å². The molecule has 0 fully saturated rings. The van der Waals surface area contributed by atoms with Gasteiger partial charge in [-0.15, -0.1) is 0 Å². The highest BCUT2D eigenvalue weighted by atomic mass is 32.3. The van der Waals surface area contributed by atoms with Crippen LogP contribution in [0.5, 0.6) is 0 Å². The molecule has 0 aromatic rings. The Morgan fingerprint density at radius 2 is 0.800 bits per heavy atom. The zero-order valence-corrected chi connectivity index (χ0v) is 5.64. The van der Waals surface area contributed by atoms with Crippen LogP contribution in [0.1, 0.15) is 0 Å². The Hall–Kier alpha value is -0.330. The van der Waals surface area contributed by atoms with E-state index < -0.39 is 10.4 Å². The predicted molar refractivity (Wildman–Crippen MR) is 33.7 cm³/mol. The van der Waals surface area contributed by atoms with Crippen LogP contribution in [0.15, 0.2) is 0 Å². The third-order valence-electron chi connectivity index (χ3n) is 0. The van der Waals surface area contributed by atoms with Crippen LogP contribution in [-0.2, 0) is 10.4 Å². The van der Waals surface area contributed by atoms with Gasteiger partial charge in [0, 0.05) is 0 Å². The molecule has 0 heterocycles. The monoisotopic (exact) mass is 187 g/mol. The Morgan fingerprint density at radius 1 is 0.800 bits per heavy atom. The SMILES string of the molecule is N.O.O.O.O.O=S(=O)(O)O. The molecule has 10 heteroatoms. The van der Waals surface area contributed by atoms with E-state index in [-0.39, 0.29) is 28.1 Å². The lowest BCUT2D eigenvalue weighted by atomic mass is 14.0. The standard InChI is InChI=1S/H3N.H2O4S.4H2O/c;1-5(2,3)4;;;;/h1H3;(H2,1,2,3,4);4*1H2. The van der Waals surface area contributed by atoms with Crippen LogP contribution in [-0.4, -0.2) is 39.4 Å². The Bertz CT molecular complexity index is 92.4. The van der Waals surface area contributed by atoms with Gasteiger partial charge < -0.3 is 28.1 Å². The number of hydrogen-bond donors (Lipinski definition) is 3. The molecule has 0 amide bonds. The fraction of sp³-hybridized carbons (Fsp3) is 0. The maximum Gasteiger partial charge on any atom is 0.394 e. The van der Waals surface area contributed by atoms with E-state index in [0.29, 0.717) is 0 Å². The van der Waals surface area contributed by atoms with Crippen molar-refractivity contribution in [1.29, 1.82) is 0 Å². The zero-order chi connectivity index (χ0) is 4.50. The van der Waals surface area contributed by atoms with Crippen LogP contribution in [0.25, 0.3) is 0 Å². The highest BCUT2D eigenvalue weighted by molar-refractivity contribution is 7.79. The second kappa shape index (κ2) is 15.9. The van der Waals surface area contributed by atoms with Crippen molar-refractivity contribution in [3.8, 4) is 0 Å². The summed E-state index contributed by atoms with van der Waals surface area (Å²) >= 11 is 0. The third kappa shape index (κ3) is 3130. The molecule has 0 radical (unpaired) electrons. The minimum absolute atomic E-state index is 0. The number of rotatable bonds is 0. The van der Waals surface area contributed by atoms with Crippen molar-refractivity contribution in [2.24, 2.45) is 0 Å². The molecule has 0 aliphatic carbocycles. The van der Waals surface area contributed by atoms with E-state index in [2.05, 4.69) is 0 Å². The van der Waals surface area contributed by atoms with Gasteiger partial charge in [0.1, 0.15) is 0 Å². The van der Waals surface area contributed by atoms with E-state index in [4.69, 9.17) is 17.5 Å². The van der Waals surface area contributed by atoms with Gasteiger partial charge >= 0.3 is 10.4 Å². The molecular weight excluding hydrogens is 174 g/mol. The minimum Gasteiger partial charge on any atom is -0.412 e. The molecule has 0 aliphatic heterocycles. The summed E-state index contributed by atoms with van der Waals surface area (Å²) in [6, 6.07) is 0. The van der Waals surface area contributed by atoms with Gasteiger partial charge in [0.15, 0.2) is 0 Å². The van der Waals surface area contributed by atoms with Gasteiger partial charge in [-0.3, -0.25) is 9.11 Å². The molecule has 0 bridgehead atoms. The van der Waals surface area contributed by atoms with E-state index in [1.807, 2.05) is 0 Å². The summed E-state index contributed by atoms with van der Waals surface area (Å²) in [6.45, 7) is 0. The van der Waals surface area contributed by atoms with Gasteiger partial charge in [-0.25, -0.2) is 0 Å². The van der Waals surface area contributed by atoms with Gasteiger partial charge in [0.2, 0.25) is 0 Å². The molecule has 0 aromatic carbocycles. The van der Waals surface area contributed by atoms with E-state index in [1.54, 1.807) is 0 Å². The summed E-state index contributed by atoms with van der Waals surface area (Å²) in [6.07, 6.45) is 0. The summed E-state index contributed by atoms with van der Waals surface area (Å²) in [5, 5.41) is 0. The number of hydrogen-bond acceptors (Lipinski definition) is 3. The van der Waals surface area contributed by atoms with Crippen molar-refractivity contribution in [2.75, 3.05) is 0 Å². The molecule has 0 saturated heterocycles. The first-order chi connectivity index (χ1) is 2.00. The quantitative estimate of drug-likeness (QED) is 0.322. The third-order valence-corrected chi connectivity index (χ3v) is 0. The Kier molecular flexibility index (Phi) is 85.6. The summed E-state index contributed by atoms with van der Waals surface area (Å²) < 4.78 is 31.6. The second-order valence-corrected chi connectivity index (χ2v) is 1.34. The maximum atomic E-state index is 8.74. The van der Waals surface area contributed by atoms with Crippen molar-refractivity contribution in [3.63, 3.8) is 0 Å². The molecule has 10 heavy (non-hydrogen) atoms. The van der Waals surface area contributed by atoms with Crippen LogP contribution in [0.3, 0.4) is 0 Å². The predicted octanol–water partition coefficient (Wildman–Crippen LogP) is -3.79. The Balaban J connectivity index is -0.00000000800. The molecule has 0 spiro atoms. The average Bonchev–Trinajstić information content (AvgIpc) is 0.722. The van der Waals surface area contributed by atoms with E-state index in [0.717, 1.165) is 0 Å². The van der Waals surface area contributed by atoms with Crippen molar-refractivity contribution in [2.45, 2.75) is 0 Å². The van der Waals surface area contributed by atoms with Gasteiger partial charge in [-0.2, -0.15) is 8.42 Å². The lowest BCUT2D eigenvalue weighted by molar-refractivity contribution is 0.381. The normalized spacial score (nSPS) is 5.80. The van der Waals surface area contributed by atoms with Crippen molar-refractivity contribution in [1.82, 2.24) is 6.15 Å².